The fourth-order valence-electron chi connectivity index (χ4n) is 3.89. The molecule has 0 saturated heterocycles. The number of thiophene rings is 1. The summed E-state index contributed by atoms with van der Waals surface area (Å²) in [5.41, 5.74) is 0.211. The summed E-state index contributed by atoms with van der Waals surface area (Å²) in [7, 11) is 2.89. The molecule has 0 aliphatic rings. The van der Waals surface area contributed by atoms with Crippen molar-refractivity contribution in [1.29, 1.82) is 15.9 Å². The summed E-state index contributed by atoms with van der Waals surface area (Å²) >= 11 is 1.03. The van der Waals surface area contributed by atoms with E-state index < -0.39 is 17.1 Å². The fourth-order valence-corrected chi connectivity index (χ4v) is 5.01. The van der Waals surface area contributed by atoms with Crippen molar-refractivity contribution in [3.63, 3.8) is 0 Å². The Hall–Kier alpha value is -4.81. The molecule has 4 aromatic rings. The first-order valence-electron chi connectivity index (χ1n) is 11.5. The molecule has 0 fully saturated rings. The van der Waals surface area contributed by atoms with E-state index in [1.54, 1.807) is 13.1 Å². The number of ether oxygens (including phenoxy) is 1. The van der Waals surface area contributed by atoms with E-state index in [0.717, 1.165) is 28.2 Å². The smallest absolute Gasteiger partial charge is 0.336 e. The molecular weight excluding hydrogens is 509 g/mol. The molecule has 0 saturated carbocycles. The Morgan fingerprint density at radius 2 is 1.97 bits per heavy atom. The van der Waals surface area contributed by atoms with Gasteiger partial charge in [0.15, 0.2) is 11.6 Å². The van der Waals surface area contributed by atoms with Gasteiger partial charge in [-0.25, -0.2) is 13.8 Å². The molecule has 1 aromatic carbocycles. The van der Waals surface area contributed by atoms with Crippen LogP contribution in [0, 0.1) is 33.9 Å². The van der Waals surface area contributed by atoms with Crippen molar-refractivity contribution in [2.75, 3.05) is 19.5 Å². The lowest BCUT2D eigenvalue weighted by molar-refractivity contribution is 0.386. The molecule has 3 heterocycles. The van der Waals surface area contributed by atoms with Crippen LogP contribution in [0.15, 0.2) is 40.2 Å². The summed E-state index contributed by atoms with van der Waals surface area (Å²) in [6, 6.07) is 7.94. The molecule has 4 rings (SSSR count). The van der Waals surface area contributed by atoms with Crippen molar-refractivity contribution in [1.82, 2.24) is 14.1 Å². The number of nitrogens with one attached hydrogen (secondary N) is 2. The SMILES string of the molecule is CC.CNc1c(C=N)cncc1-n1c(=O)c2sc(-c3cc(OC)c(F)cc3C#N)cc2n(CCC#N)c1=O. The molecule has 2 N–H and O–H groups in total. The molecule has 0 atom stereocenters. The van der Waals surface area contributed by atoms with Crippen LogP contribution in [0.1, 0.15) is 31.4 Å². The zero-order valence-electron chi connectivity index (χ0n) is 21.1. The third kappa shape index (κ3) is 4.77. The second-order valence-electron chi connectivity index (χ2n) is 7.47. The number of pyridine rings is 1. The van der Waals surface area contributed by atoms with Crippen molar-refractivity contribution in [2.24, 2.45) is 0 Å². The highest BCUT2D eigenvalue weighted by atomic mass is 32.1. The number of nitrogens with zero attached hydrogens (tertiary/aromatic N) is 5. The van der Waals surface area contributed by atoms with Gasteiger partial charge < -0.3 is 15.5 Å². The normalized spacial score (nSPS) is 10.2. The summed E-state index contributed by atoms with van der Waals surface area (Å²) in [4.78, 5) is 31.7. The van der Waals surface area contributed by atoms with Crippen LogP contribution in [0.5, 0.6) is 5.75 Å². The van der Waals surface area contributed by atoms with E-state index >= 15 is 0 Å². The van der Waals surface area contributed by atoms with Crippen LogP contribution in [0.3, 0.4) is 0 Å². The summed E-state index contributed by atoms with van der Waals surface area (Å²) in [6.07, 6.45) is 3.82. The first kappa shape index (κ1) is 27.8. The maximum atomic E-state index is 14.2. The average Bonchev–Trinajstić information content (AvgIpc) is 3.39. The Balaban J connectivity index is 0.00000195. The van der Waals surface area contributed by atoms with E-state index in [1.807, 2.05) is 26.0 Å². The van der Waals surface area contributed by atoms with Crippen LogP contribution in [0.4, 0.5) is 10.1 Å². The molecule has 12 heteroatoms. The maximum Gasteiger partial charge on any atom is 0.336 e. The van der Waals surface area contributed by atoms with Gasteiger partial charge in [-0.3, -0.25) is 14.3 Å². The Kier molecular flexibility index (Phi) is 8.73. The predicted octanol–water partition coefficient (Wildman–Crippen LogP) is 4.27. The highest BCUT2D eigenvalue weighted by Gasteiger charge is 2.22. The highest BCUT2D eigenvalue weighted by Crippen LogP contribution is 2.36. The lowest BCUT2D eigenvalue weighted by Gasteiger charge is -2.15. The van der Waals surface area contributed by atoms with Gasteiger partial charge in [-0.1, -0.05) is 13.8 Å². The number of rotatable bonds is 7. The van der Waals surface area contributed by atoms with Gasteiger partial charge in [-0.15, -0.1) is 11.3 Å². The van der Waals surface area contributed by atoms with Gasteiger partial charge in [-0.2, -0.15) is 10.5 Å². The number of aryl methyl sites for hydroxylation is 1. The quantitative estimate of drug-likeness (QED) is 0.337. The molecular formula is C26H24FN7O3S. The lowest BCUT2D eigenvalue weighted by Crippen LogP contribution is -2.39. The van der Waals surface area contributed by atoms with Crippen molar-refractivity contribution in [2.45, 2.75) is 26.8 Å². The Labute approximate surface area is 221 Å². The molecule has 38 heavy (non-hydrogen) atoms. The molecule has 0 radical (unpaired) electrons. The predicted molar refractivity (Wildman–Crippen MR) is 145 cm³/mol. The zero-order chi connectivity index (χ0) is 28.0. The summed E-state index contributed by atoms with van der Waals surface area (Å²) < 4.78 is 21.7. The average molecular weight is 534 g/mol. The zero-order valence-corrected chi connectivity index (χ0v) is 21.9. The first-order valence-corrected chi connectivity index (χ1v) is 12.3. The number of aromatic nitrogens is 3. The van der Waals surface area contributed by atoms with Gasteiger partial charge in [0, 0.05) is 42.0 Å². The number of anilines is 1. The number of hydrogen-bond donors (Lipinski definition) is 2. The largest absolute Gasteiger partial charge is 0.494 e. The van der Waals surface area contributed by atoms with E-state index in [9.17, 15) is 19.2 Å². The van der Waals surface area contributed by atoms with Gasteiger partial charge in [0.25, 0.3) is 5.56 Å². The number of benzene rings is 1. The van der Waals surface area contributed by atoms with Crippen LogP contribution in [-0.2, 0) is 6.54 Å². The van der Waals surface area contributed by atoms with Gasteiger partial charge in [0.05, 0.1) is 54.3 Å². The third-order valence-corrected chi connectivity index (χ3v) is 6.70. The molecule has 3 aromatic heterocycles. The summed E-state index contributed by atoms with van der Waals surface area (Å²) in [5, 5.41) is 29.3. The van der Waals surface area contributed by atoms with Crippen molar-refractivity contribution < 1.29 is 9.13 Å². The van der Waals surface area contributed by atoms with Crippen LogP contribution >= 0.6 is 11.3 Å². The minimum Gasteiger partial charge on any atom is -0.494 e. The maximum absolute atomic E-state index is 14.2. The number of hydrogen-bond acceptors (Lipinski definition) is 9. The number of nitriles is 2. The van der Waals surface area contributed by atoms with Gasteiger partial charge in [0.1, 0.15) is 4.70 Å². The minimum absolute atomic E-state index is 0.00385. The Bertz CT molecular complexity index is 1720. The van der Waals surface area contributed by atoms with Crippen molar-refractivity contribution >= 4 is 33.5 Å². The van der Waals surface area contributed by atoms with E-state index in [0.29, 0.717) is 21.7 Å². The van der Waals surface area contributed by atoms with Gasteiger partial charge >= 0.3 is 5.69 Å². The Morgan fingerprint density at radius 3 is 2.58 bits per heavy atom. The van der Waals surface area contributed by atoms with Crippen molar-refractivity contribution in [3.05, 3.63) is 68.4 Å². The topological polar surface area (TPSA) is 150 Å². The van der Waals surface area contributed by atoms with E-state index in [-0.39, 0.29) is 40.2 Å². The van der Waals surface area contributed by atoms with Crippen molar-refractivity contribution in [3.8, 4) is 34.0 Å². The van der Waals surface area contributed by atoms with E-state index in [1.165, 1.54) is 30.1 Å². The lowest BCUT2D eigenvalue weighted by atomic mass is 10.1. The summed E-state index contributed by atoms with van der Waals surface area (Å²) in [6.45, 7) is 4.01. The monoisotopic (exact) mass is 533 g/mol. The Morgan fingerprint density at radius 1 is 1.24 bits per heavy atom. The number of halogens is 1. The molecule has 10 nitrogen and oxygen atoms in total. The van der Waals surface area contributed by atoms with Gasteiger partial charge in [0.2, 0.25) is 0 Å². The van der Waals surface area contributed by atoms with Crippen LogP contribution in [0.2, 0.25) is 0 Å². The highest BCUT2D eigenvalue weighted by molar-refractivity contribution is 7.22. The molecule has 0 bridgehead atoms. The summed E-state index contributed by atoms with van der Waals surface area (Å²) in [5.74, 6) is -0.778. The molecule has 0 spiro atoms. The standard InChI is InChI=1S/C24H18FN7O3S.C2H6/c1-29-21-14(10-28)11-30-12-18(21)32-23(33)22-17(31(24(32)34)5-3-4-26)8-20(36-22)15-7-19(35-2)16(25)6-13(15)9-27;1-2/h6-8,10-12,28H,3,5H2,1-2H3,(H,29,30);1-2H3. The van der Waals surface area contributed by atoms with Crippen LogP contribution in [-0.4, -0.2) is 34.5 Å². The molecule has 0 amide bonds. The second-order valence-corrected chi connectivity index (χ2v) is 8.52. The minimum atomic E-state index is -0.703. The second kappa shape index (κ2) is 12.0. The van der Waals surface area contributed by atoms with Crippen LogP contribution < -0.4 is 21.3 Å². The van der Waals surface area contributed by atoms with E-state index in [2.05, 4.69) is 10.3 Å². The third-order valence-electron chi connectivity index (χ3n) is 5.55. The fraction of sp³-hybridized carbons (Fsp3) is 0.231. The number of fused-ring (bicyclic) bond motifs is 1. The molecule has 194 valence electrons. The van der Waals surface area contributed by atoms with E-state index in [4.69, 9.17) is 15.4 Å². The van der Waals surface area contributed by atoms with Crippen LogP contribution in [0.25, 0.3) is 26.3 Å². The molecule has 0 unspecified atom stereocenters. The first-order chi connectivity index (χ1) is 18.4. The molecule has 0 aliphatic carbocycles. The molecule has 0 aliphatic heterocycles. The van der Waals surface area contributed by atoms with Gasteiger partial charge in [-0.05, 0) is 18.2 Å². The number of methoxy groups -OCH3 is 1.